The van der Waals surface area contributed by atoms with Crippen LogP contribution in [0.4, 0.5) is 0 Å². The summed E-state index contributed by atoms with van der Waals surface area (Å²) in [6.07, 6.45) is 1.98. The fourth-order valence-corrected chi connectivity index (χ4v) is 3.53. The van der Waals surface area contributed by atoms with Gasteiger partial charge in [0.05, 0.1) is 15.6 Å². The van der Waals surface area contributed by atoms with Gasteiger partial charge >= 0.3 is 0 Å². The number of thiazole rings is 1. The first-order valence-corrected chi connectivity index (χ1v) is 8.26. The van der Waals surface area contributed by atoms with Crippen molar-refractivity contribution in [1.29, 1.82) is 0 Å². The monoisotopic (exact) mass is 310 g/mol. The quantitative estimate of drug-likeness (QED) is 0.855. The van der Waals surface area contributed by atoms with Crippen molar-refractivity contribution >= 4 is 23.6 Å². The van der Waals surface area contributed by atoms with Gasteiger partial charge in [0, 0.05) is 12.0 Å². The van der Waals surface area contributed by atoms with E-state index in [0.29, 0.717) is 4.77 Å². The van der Waals surface area contributed by atoms with E-state index in [-0.39, 0.29) is 5.41 Å². The summed E-state index contributed by atoms with van der Waals surface area (Å²) in [5.74, 6) is 0.930. The van der Waals surface area contributed by atoms with Crippen molar-refractivity contribution in [2.24, 2.45) is 0 Å². The van der Waals surface area contributed by atoms with Crippen molar-refractivity contribution in [3.8, 4) is 10.7 Å². The molecule has 0 aliphatic heterocycles. The van der Waals surface area contributed by atoms with Gasteiger partial charge in [0.2, 0.25) is 0 Å². The number of rotatable bonds is 4. The van der Waals surface area contributed by atoms with E-state index in [4.69, 9.17) is 17.2 Å². The molecular formula is C14H22N4S2. The van der Waals surface area contributed by atoms with Gasteiger partial charge in [-0.15, -0.1) is 11.3 Å². The van der Waals surface area contributed by atoms with Gasteiger partial charge in [-0.2, -0.15) is 5.10 Å². The molecule has 6 heteroatoms. The van der Waals surface area contributed by atoms with Gasteiger partial charge in [-0.1, -0.05) is 34.6 Å². The molecule has 2 aromatic rings. The molecule has 0 aromatic carbocycles. The molecule has 110 valence electrons. The molecule has 0 bridgehead atoms. The van der Waals surface area contributed by atoms with Gasteiger partial charge < -0.3 is 0 Å². The Balaban J connectivity index is 2.63. The molecular weight excluding hydrogens is 288 g/mol. The number of aromatic amines is 1. The van der Waals surface area contributed by atoms with Crippen LogP contribution in [0, 0.1) is 4.77 Å². The Kier molecular flexibility index (Phi) is 4.44. The topological polar surface area (TPSA) is 46.5 Å². The Labute approximate surface area is 129 Å². The second kappa shape index (κ2) is 5.77. The molecule has 0 radical (unpaired) electrons. The summed E-state index contributed by atoms with van der Waals surface area (Å²) < 4.78 is 2.77. The average Bonchev–Trinajstić information content (AvgIpc) is 2.94. The predicted molar refractivity (Wildman–Crippen MR) is 86.9 cm³/mol. The van der Waals surface area contributed by atoms with Crippen LogP contribution in [0.2, 0.25) is 0 Å². The van der Waals surface area contributed by atoms with Gasteiger partial charge in [0.1, 0.15) is 0 Å². The minimum atomic E-state index is 0.00384. The van der Waals surface area contributed by atoms with Crippen LogP contribution in [-0.2, 0) is 18.4 Å². The number of nitrogens with one attached hydrogen (secondary N) is 1. The minimum Gasteiger partial charge on any atom is -0.299 e. The predicted octanol–water partition coefficient (Wildman–Crippen LogP) is 4.33. The van der Waals surface area contributed by atoms with E-state index in [1.807, 2.05) is 0 Å². The molecule has 0 atom stereocenters. The highest BCUT2D eigenvalue weighted by Gasteiger charge is 2.26. The second-order valence-electron chi connectivity index (χ2n) is 5.89. The molecule has 2 heterocycles. The Morgan fingerprint density at radius 2 is 2.00 bits per heavy atom. The third-order valence-electron chi connectivity index (χ3n) is 3.09. The molecule has 1 N–H and O–H groups in total. The van der Waals surface area contributed by atoms with Crippen LogP contribution < -0.4 is 0 Å². The summed E-state index contributed by atoms with van der Waals surface area (Å²) in [5.41, 5.74) is 1.12. The molecule has 20 heavy (non-hydrogen) atoms. The number of H-pyrrole nitrogens is 1. The number of aryl methyl sites for hydroxylation is 1. The van der Waals surface area contributed by atoms with Crippen molar-refractivity contribution in [3.63, 3.8) is 0 Å². The summed E-state index contributed by atoms with van der Waals surface area (Å²) in [7, 11) is 0. The summed E-state index contributed by atoms with van der Waals surface area (Å²) in [5, 5.41) is 8.52. The van der Waals surface area contributed by atoms with Crippen LogP contribution in [0.1, 0.15) is 51.7 Å². The van der Waals surface area contributed by atoms with Gasteiger partial charge in [-0.3, -0.25) is 9.67 Å². The number of aromatic nitrogens is 4. The van der Waals surface area contributed by atoms with Crippen molar-refractivity contribution in [2.75, 3.05) is 0 Å². The van der Waals surface area contributed by atoms with E-state index in [2.05, 4.69) is 49.4 Å². The van der Waals surface area contributed by atoms with Crippen LogP contribution in [0.25, 0.3) is 10.7 Å². The molecule has 2 aromatic heterocycles. The molecule has 0 aliphatic carbocycles. The lowest BCUT2D eigenvalue weighted by molar-refractivity contribution is 0.571. The second-order valence-corrected chi connectivity index (χ2v) is 7.36. The highest BCUT2D eigenvalue weighted by atomic mass is 32.1. The van der Waals surface area contributed by atoms with Crippen molar-refractivity contribution in [3.05, 3.63) is 15.5 Å². The average molecular weight is 310 g/mol. The van der Waals surface area contributed by atoms with E-state index < -0.39 is 0 Å². The van der Waals surface area contributed by atoms with Gasteiger partial charge in [-0.25, -0.2) is 4.98 Å². The fraction of sp³-hybridized carbons (Fsp3) is 0.643. The van der Waals surface area contributed by atoms with Crippen molar-refractivity contribution in [2.45, 2.75) is 59.4 Å². The first-order valence-electron chi connectivity index (χ1n) is 7.04. The lowest BCUT2D eigenvalue weighted by atomic mass is 9.91. The van der Waals surface area contributed by atoms with E-state index >= 15 is 0 Å². The zero-order valence-electron chi connectivity index (χ0n) is 12.8. The van der Waals surface area contributed by atoms with Crippen LogP contribution in [-0.4, -0.2) is 19.7 Å². The van der Waals surface area contributed by atoms with E-state index in [1.165, 1.54) is 0 Å². The molecule has 4 nitrogen and oxygen atoms in total. The maximum Gasteiger partial charge on any atom is 0.195 e. The normalized spacial score (nSPS) is 12.1. The Morgan fingerprint density at radius 1 is 1.30 bits per heavy atom. The smallest absolute Gasteiger partial charge is 0.195 e. The summed E-state index contributed by atoms with van der Waals surface area (Å²) >= 11 is 7.07. The van der Waals surface area contributed by atoms with Gasteiger partial charge in [0.25, 0.3) is 0 Å². The summed E-state index contributed by atoms with van der Waals surface area (Å²) in [4.78, 5) is 5.95. The fourth-order valence-electron chi connectivity index (χ4n) is 2.10. The van der Waals surface area contributed by atoms with Crippen LogP contribution >= 0.6 is 23.6 Å². The number of hydrogen-bond donors (Lipinski definition) is 1. The largest absolute Gasteiger partial charge is 0.299 e. The molecule has 0 fully saturated rings. The first-order chi connectivity index (χ1) is 9.38. The highest BCUT2D eigenvalue weighted by Crippen LogP contribution is 2.36. The Bertz CT molecular complexity index is 643. The lowest BCUT2D eigenvalue weighted by Gasteiger charge is -2.17. The molecule has 0 amide bonds. The standard InChI is InChI=1S/C14H22N4S2/c1-6-8-18-12(16-17-13(18)19)10-11(14(3,4)5)15-9(7-2)20-10/h6-8H2,1-5H3,(H,17,19). The molecule has 0 spiro atoms. The van der Waals surface area contributed by atoms with E-state index in [0.717, 1.165) is 40.8 Å². The first kappa shape index (κ1) is 15.4. The number of nitrogens with zero attached hydrogens (tertiary/aromatic N) is 3. The minimum absolute atomic E-state index is 0.00384. The Hall–Kier alpha value is -1.01. The van der Waals surface area contributed by atoms with Crippen molar-refractivity contribution in [1.82, 2.24) is 19.7 Å². The molecule has 0 saturated carbocycles. The van der Waals surface area contributed by atoms with Gasteiger partial charge in [0.15, 0.2) is 10.6 Å². The van der Waals surface area contributed by atoms with Crippen LogP contribution in [0.5, 0.6) is 0 Å². The summed E-state index contributed by atoms with van der Waals surface area (Å²) in [6.45, 7) is 11.7. The maximum absolute atomic E-state index is 5.34. The Morgan fingerprint density at radius 3 is 2.55 bits per heavy atom. The molecule has 0 unspecified atom stereocenters. The molecule has 0 saturated heterocycles. The molecule has 2 rings (SSSR count). The lowest BCUT2D eigenvalue weighted by Crippen LogP contribution is -2.14. The zero-order chi connectivity index (χ0) is 14.9. The summed E-state index contributed by atoms with van der Waals surface area (Å²) in [6, 6.07) is 0. The molecule has 0 aliphatic rings. The van der Waals surface area contributed by atoms with Crippen molar-refractivity contribution < 1.29 is 0 Å². The van der Waals surface area contributed by atoms with E-state index in [9.17, 15) is 0 Å². The van der Waals surface area contributed by atoms with Crippen LogP contribution in [0.15, 0.2) is 0 Å². The SMILES string of the molecule is CCCn1c(-c2sc(CC)nc2C(C)(C)C)n[nH]c1=S. The van der Waals surface area contributed by atoms with E-state index in [1.54, 1.807) is 11.3 Å². The zero-order valence-corrected chi connectivity index (χ0v) is 14.4. The maximum atomic E-state index is 5.34. The van der Waals surface area contributed by atoms with Gasteiger partial charge in [-0.05, 0) is 25.1 Å². The van der Waals surface area contributed by atoms with Crippen LogP contribution in [0.3, 0.4) is 0 Å². The highest BCUT2D eigenvalue weighted by molar-refractivity contribution is 7.71. The number of hydrogen-bond acceptors (Lipinski definition) is 4. The third kappa shape index (κ3) is 2.86. The third-order valence-corrected chi connectivity index (χ3v) is 4.60.